The fourth-order valence-electron chi connectivity index (χ4n) is 4.05. The van der Waals surface area contributed by atoms with E-state index < -0.39 is 0 Å². The Bertz CT molecular complexity index is 1070. The molecule has 3 aromatic rings. The summed E-state index contributed by atoms with van der Waals surface area (Å²) >= 11 is 0. The van der Waals surface area contributed by atoms with Gasteiger partial charge in [0.05, 0.1) is 12.3 Å². The van der Waals surface area contributed by atoms with E-state index in [-0.39, 0.29) is 11.9 Å². The van der Waals surface area contributed by atoms with Crippen LogP contribution >= 0.6 is 0 Å². The lowest BCUT2D eigenvalue weighted by Crippen LogP contribution is -2.31. The lowest BCUT2D eigenvalue weighted by atomic mass is 10.1. The number of furan rings is 1. The van der Waals surface area contributed by atoms with Gasteiger partial charge in [0, 0.05) is 38.2 Å². The number of fused-ring (bicyclic) bond motifs is 1. The van der Waals surface area contributed by atoms with Crippen molar-refractivity contribution >= 4 is 12.0 Å². The molecule has 1 aliphatic rings. The Hall–Kier alpha value is -3.19. The van der Waals surface area contributed by atoms with Gasteiger partial charge in [-0.15, -0.1) is 10.2 Å². The number of hydrogen-bond donors (Lipinski definition) is 1. The fraction of sp³-hybridized carbons (Fsp3) is 0.375. The summed E-state index contributed by atoms with van der Waals surface area (Å²) in [5.74, 6) is 2.57. The molecule has 7 nitrogen and oxygen atoms in total. The van der Waals surface area contributed by atoms with Gasteiger partial charge in [0.1, 0.15) is 11.6 Å². The van der Waals surface area contributed by atoms with Crippen molar-refractivity contribution in [1.29, 1.82) is 0 Å². The zero-order chi connectivity index (χ0) is 21.8. The van der Waals surface area contributed by atoms with Gasteiger partial charge < -0.3 is 14.3 Å². The molecule has 1 N–H and O–H groups in total. The molecule has 4 rings (SSSR count). The molecular weight excluding hydrogens is 390 g/mol. The molecule has 2 aromatic heterocycles. The summed E-state index contributed by atoms with van der Waals surface area (Å²) in [7, 11) is 0. The predicted molar refractivity (Wildman–Crippen MR) is 120 cm³/mol. The molecule has 0 radical (unpaired) electrons. The van der Waals surface area contributed by atoms with E-state index in [0.29, 0.717) is 5.56 Å². The molecule has 0 aliphatic carbocycles. The van der Waals surface area contributed by atoms with Crippen molar-refractivity contribution < 1.29 is 9.21 Å². The van der Waals surface area contributed by atoms with Crippen LogP contribution in [0.5, 0.6) is 0 Å². The molecule has 3 heterocycles. The molecule has 1 aliphatic heterocycles. The average molecular weight is 420 g/mol. The maximum absolute atomic E-state index is 12.7. The number of carbonyl (C=O) groups excluding carboxylic acids is 1. The minimum Gasteiger partial charge on any atom is -0.465 e. The van der Waals surface area contributed by atoms with Crippen LogP contribution in [-0.2, 0) is 13.0 Å². The number of hydrogen-bond acceptors (Lipinski definition) is 5. The third kappa shape index (κ3) is 4.94. The second-order valence-corrected chi connectivity index (χ2v) is 8.17. The molecule has 0 unspecified atom stereocenters. The Labute approximate surface area is 182 Å². The second-order valence-electron chi connectivity index (χ2n) is 8.17. The molecule has 0 saturated heterocycles. The summed E-state index contributed by atoms with van der Waals surface area (Å²) in [6.07, 6.45) is 4.61. The summed E-state index contributed by atoms with van der Waals surface area (Å²) in [6, 6.07) is 11.2. The van der Waals surface area contributed by atoms with Gasteiger partial charge in [0.25, 0.3) is 5.91 Å². The first-order valence-electron chi connectivity index (χ1n) is 10.7. The molecule has 0 spiro atoms. The Balaban J connectivity index is 1.40. The Morgan fingerprint density at radius 3 is 2.81 bits per heavy atom. The summed E-state index contributed by atoms with van der Waals surface area (Å²) in [5, 5.41) is 11.9. The first-order chi connectivity index (χ1) is 15.0. The highest BCUT2D eigenvalue weighted by atomic mass is 16.3. The van der Waals surface area contributed by atoms with Gasteiger partial charge in [-0.05, 0) is 50.6 Å². The Morgan fingerprint density at radius 2 is 2.03 bits per heavy atom. The third-order valence-corrected chi connectivity index (χ3v) is 5.68. The number of amides is 1. The van der Waals surface area contributed by atoms with E-state index in [4.69, 9.17) is 4.42 Å². The molecule has 7 heteroatoms. The summed E-state index contributed by atoms with van der Waals surface area (Å²) in [6.45, 7) is 9.55. The average Bonchev–Trinajstić information content (AvgIpc) is 3.35. The van der Waals surface area contributed by atoms with Crippen LogP contribution in [0.15, 0.2) is 52.7 Å². The van der Waals surface area contributed by atoms with Crippen LogP contribution in [0.2, 0.25) is 0 Å². The minimum absolute atomic E-state index is 0.0862. The summed E-state index contributed by atoms with van der Waals surface area (Å²) in [5.41, 5.74) is 2.91. The van der Waals surface area contributed by atoms with Gasteiger partial charge in [-0.25, -0.2) is 0 Å². The maximum atomic E-state index is 12.7. The summed E-state index contributed by atoms with van der Waals surface area (Å²) in [4.78, 5) is 15.1. The number of aromatic nitrogens is 3. The number of benzene rings is 1. The van der Waals surface area contributed by atoms with Gasteiger partial charge in [0.15, 0.2) is 5.82 Å². The smallest absolute Gasteiger partial charge is 0.252 e. The van der Waals surface area contributed by atoms with Gasteiger partial charge in [-0.2, -0.15) is 0 Å². The molecular formula is C24H29N5O2. The lowest BCUT2D eigenvalue weighted by Gasteiger charge is -2.20. The Kier molecular flexibility index (Phi) is 6.32. The van der Waals surface area contributed by atoms with Crippen LogP contribution in [0.4, 0.5) is 0 Å². The first-order valence-corrected chi connectivity index (χ1v) is 10.7. The highest BCUT2D eigenvalue weighted by Gasteiger charge is 2.23. The SMILES string of the molecule is C/C(=C\c1ccco1)CN1CCc2nnc([C@H](C)NC(=O)c3ccccc3C)n2CC1. The van der Waals surface area contributed by atoms with Crippen LogP contribution < -0.4 is 5.32 Å². The van der Waals surface area contributed by atoms with E-state index in [1.54, 1.807) is 6.26 Å². The standard InChI is InChI=1S/C24H29N5O2/c1-17(15-20-8-6-14-31-20)16-28-11-10-22-26-27-23(29(22)13-12-28)19(3)25-24(30)21-9-5-4-7-18(21)2/h4-9,14-15,19H,10-13,16H2,1-3H3,(H,25,30)/b17-15+/t19-/m0/s1. The van der Waals surface area contributed by atoms with Crippen molar-refractivity contribution in [2.45, 2.75) is 39.8 Å². The molecule has 1 atom stereocenters. The van der Waals surface area contributed by atoms with Crippen molar-refractivity contribution in [3.8, 4) is 0 Å². The van der Waals surface area contributed by atoms with Gasteiger partial charge in [-0.1, -0.05) is 23.8 Å². The lowest BCUT2D eigenvalue weighted by molar-refractivity contribution is 0.0937. The molecule has 0 bridgehead atoms. The van der Waals surface area contributed by atoms with E-state index in [0.717, 1.165) is 55.6 Å². The van der Waals surface area contributed by atoms with Crippen molar-refractivity contribution in [2.24, 2.45) is 0 Å². The Morgan fingerprint density at radius 1 is 1.19 bits per heavy atom. The molecule has 31 heavy (non-hydrogen) atoms. The molecule has 1 aromatic carbocycles. The van der Waals surface area contributed by atoms with E-state index >= 15 is 0 Å². The van der Waals surface area contributed by atoms with Gasteiger partial charge in [-0.3, -0.25) is 9.69 Å². The van der Waals surface area contributed by atoms with Crippen molar-refractivity contribution in [3.05, 3.63) is 76.8 Å². The molecule has 1 amide bonds. The van der Waals surface area contributed by atoms with Gasteiger partial charge >= 0.3 is 0 Å². The predicted octanol–water partition coefficient (Wildman–Crippen LogP) is 3.63. The fourth-order valence-corrected chi connectivity index (χ4v) is 4.05. The topological polar surface area (TPSA) is 76.2 Å². The van der Waals surface area contributed by atoms with Crippen LogP contribution in [-0.4, -0.2) is 45.2 Å². The van der Waals surface area contributed by atoms with E-state index in [2.05, 4.69) is 38.0 Å². The van der Waals surface area contributed by atoms with Crippen LogP contribution in [0.1, 0.15) is 53.2 Å². The monoisotopic (exact) mass is 419 g/mol. The summed E-state index contributed by atoms with van der Waals surface area (Å²) < 4.78 is 7.58. The highest BCUT2D eigenvalue weighted by Crippen LogP contribution is 2.18. The van der Waals surface area contributed by atoms with E-state index in [9.17, 15) is 4.79 Å². The number of aryl methyl sites for hydroxylation is 1. The molecule has 162 valence electrons. The van der Waals surface area contributed by atoms with E-state index in [1.807, 2.05) is 50.2 Å². The van der Waals surface area contributed by atoms with Crippen molar-refractivity contribution in [2.75, 3.05) is 19.6 Å². The highest BCUT2D eigenvalue weighted by molar-refractivity contribution is 5.95. The molecule has 0 fully saturated rings. The number of nitrogens with zero attached hydrogens (tertiary/aromatic N) is 4. The minimum atomic E-state index is -0.222. The van der Waals surface area contributed by atoms with Crippen LogP contribution in [0.25, 0.3) is 6.08 Å². The first kappa shape index (κ1) is 21.1. The van der Waals surface area contributed by atoms with Crippen molar-refractivity contribution in [1.82, 2.24) is 25.0 Å². The van der Waals surface area contributed by atoms with Crippen molar-refractivity contribution in [3.63, 3.8) is 0 Å². The van der Waals surface area contributed by atoms with Crippen LogP contribution in [0.3, 0.4) is 0 Å². The largest absolute Gasteiger partial charge is 0.465 e. The quantitative estimate of drug-likeness (QED) is 0.660. The zero-order valence-electron chi connectivity index (χ0n) is 18.3. The van der Waals surface area contributed by atoms with Gasteiger partial charge in [0.2, 0.25) is 0 Å². The number of nitrogens with one attached hydrogen (secondary N) is 1. The second kappa shape index (κ2) is 9.31. The van der Waals surface area contributed by atoms with E-state index in [1.165, 1.54) is 5.57 Å². The zero-order valence-corrected chi connectivity index (χ0v) is 18.3. The van der Waals surface area contributed by atoms with Crippen LogP contribution in [0, 0.1) is 6.92 Å². The normalized spacial score (nSPS) is 15.9. The number of rotatable bonds is 6. The maximum Gasteiger partial charge on any atom is 0.252 e. The number of carbonyl (C=O) groups is 1. The molecule has 0 saturated carbocycles. The third-order valence-electron chi connectivity index (χ3n) is 5.68.